The number of aliphatic carboxylic acids is 1. The van der Waals surface area contributed by atoms with Crippen molar-refractivity contribution in [3.63, 3.8) is 0 Å². The second-order valence-corrected chi connectivity index (χ2v) is 5.53. The molecule has 0 unspecified atom stereocenters. The molecule has 1 aliphatic rings. The molecule has 1 fully saturated rings. The van der Waals surface area contributed by atoms with Crippen LogP contribution in [0.3, 0.4) is 0 Å². The van der Waals surface area contributed by atoms with Crippen LogP contribution in [0.2, 0.25) is 0 Å². The van der Waals surface area contributed by atoms with Gasteiger partial charge in [-0.15, -0.1) is 0 Å². The van der Waals surface area contributed by atoms with Crippen LogP contribution in [0.1, 0.15) is 13.3 Å². The van der Waals surface area contributed by atoms with Gasteiger partial charge in [-0.05, 0) is 6.42 Å². The van der Waals surface area contributed by atoms with Gasteiger partial charge in [0.1, 0.15) is 0 Å². The Morgan fingerprint density at radius 2 is 2.08 bits per heavy atom. The van der Waals surface area contributed by atoms with E-state index >= 15 is 0 Å². The Hall–Kier alpha value is -0.620. The molecule has 0 aromatic carbocycles. The van der Waals surface area contributed by atoms with Crippen molar-refractivity contribution in [1.82, 2.24) is 0 Å². The first kappa shape index (κ1) is 10.5. The van der Waals surface area contributed by atoms with Crippen LogP contribution in [-0.2, 0) is 19.4 Å². The first-order chi connectivity index (χ1) is 5.96. The van der Waals surface area contributed by atoms with Crippen molar-refractivity contribution < 1.29 is 23.1 Å². The molecule has 76 valence electrons. The van der Waals surface area contributed by atoms with Crippen LogP contribution in [0.15, 0.2) is 0 Å². The topological polar surface area (TPSA) is 80.7 Å². The second kappa shape index (κ2) is 3.26. The van der Waals surface area contributed by atoms with Crippen LogP contribution in [0.4, 0.5) is 0 Å². The van der Waals surface area contributed by atoms with E-state index < -0.39 is 20.6 Å². The van der Waals surface area contributed by atoms with E-state index in [-0.39, 0.29) is 19.0 Å². The van der Waals surface area contributed by atoms with Gasteiger partial charge in [-0.2, -0.15) is 0 Å². The highest BCUT2D eigenvalue weighted by Crippen LogP contribution is 2.28. The van der Waals surface area contributed by atoms with E-state index in [2.05, 4.69) is 4.74 Å². The molecule has 1 aliphatic heterocycles. The fourth-order valence-electron chi connectivity index (χ4n) is 1.19. The monoisotopic (exact) mass is 208 g/mol. The molecule has 0 spiro atoms. The quantitative estimate of drug-likeness (QED) is 0.684. The van der Waals surface area contributed by atoms with Gasteiger partial charge in [-0.25, -0.2) is 8.42 Å². The molecule has 0 aromatic rings. The second-order valence-electron chi connectivity index (χ2n) is 3.11. The number of carbonyl (C=O) groups is 1. The average Bonchev–Trinajstić information content (AvgIpc) is 1.80. The van der Waals surface area contributed by atoms with Crippen molar-refractivity contribution in [2.24, 2.45) is 0 Å². The molecule has 0 aliphatic carbocycles. The predicted octanol–water partition coefficient (Wildman–Crippen LogP) is -0.335. The van der Waals surface area contributed by atoms with Crippen molar-refractivity contribution in [3.05, 3.63) is 0 Å². The lowest BCUT2D eigenvalue weighted by molar-refractivity contribution is -0.152. The van der Waals surface area contributed by atoms with Gasteiger partial charge < -0.3 is 9.84 Å². The molecule has 6 heteroatoms. The molecule has 1 N–H and O–H groups in total. The third-order valence-corrected chi connectivity index (χ3v) is 4.68. The minimum atomic E-state index is -3.56. The summed E-state index contributed by atoms with van der Waals surface area (Å²) in [5.74, 6) is -1.39. The van der Waals surface area contributed by atoms with Gasteiger partial charge >= 0.3 is 5.97 Å². The summed E-state index contributed by atoms with van der Waals surface area (Å²) in [6.07, 6.45) is 0.428. The van der Waals surface area contributed by atoms with Crippen LogP contribution in [0.25, 0.3) is 0 Å². The van der Waals surface area contributed by atoms with Gasteiger partial charge in [0.25, 0.3) is 0 Å². The van der Waals surface area contributed by atoms with Gasteiger partial charge in [0.15, 0.2) is 9.84 Å². The van der Waals surface area contributed by atoms with Crippen LogP contribution in [-0.4, -0.2) is 43.2 Å². The first-order valence-corrected chi connectivity index (χ1v) is 5.65. The summed E-state index contributed by atoms with van der Waals surface area (Å²) in [5.41, 5.74) is 0. The predicted molar refractivity (Wildman–Crippen MR) is 45.3 cm³/mol. The third kappa shape index (κ3) is 1.44. The normalized spacial score (nSPS) is 20.7. The lowest BCUT2D eigenvalue weighted by atomic mass is 10.1. The Labute approximate surface area is 76.6 Å². The van der Waals surface area contributed by atoms with E-state index in [0.29, 0.717) is 6.42 Å². The lowest BCUT2D eigenvalue weighted by Crippen LogP contribution is -2.62. The summed E-state index contributed by atoms with van der Waals surface area (Å²) in [6, 6.07) is 0. The number of hydrogen-bond acceptors (Lipinski definition) is 4. The number of carboxylic acid groups (broad SMARTS) is 1. The van der Waals surface area contributed by atoms with Crippen LogP contribution in [0.5, 0.6) is 0 Å². The molecule has 1 rings (SSSR count). The Bertz CT molecular complexity index is 301. The van der Waals surface area contributed by atoms with Crippen molar-refractivity contribution in [2.75, 3.05) is 19.0 Å². The van der Waals surface area contributed by atoms with Crippen molar-refractivity contribution >= 4 is 15.8 Å². The molecular weight excluding hydrogens is 196 g/mol. The zero-order chi connectivity index (χ0) is 10.1. The molecule has 13 heavy (non-hydrogen) atoms. The third-order valence-electron chi connectivity index (χ3n) is 2.13. The summed E-state index contributed by atoms with van der Waals surface area (Å²) < 4.78 is 26.0. The Kier molecular flexibility index (Phi) is 2.63. The minimum Gasteiger partial charge on any atom is -0.480 e. The maximum Gasteiger partial charge on any atom is 0.329 e. The average molecular weight is 208 g/mol. The largest absolute Gasteiger partial charge is 0.480 e. The summed E-state index contributed by atoms with van der Waals surface area (Å²) in [6.45, 7) is 1.27. The van der Waals surface area contributed by atoms with Crippen molar-refractivity contribution in [1.29, 1.82) is 0 Å². The fraction of sp³-hybridized carbons (Fsp3) is 0.857. The molecule has 0 aromatic heterocycles. The molecule has 0 bridgehead atoms. The standard InChI is InChI=1S/C7H12O5S/c1-2-3-13(10,11)7(6(8)9)4-12-5-7/h2-5H2,1H3,(H,8,9). The van der Waals surface area contributed by atoms with Crippen molar-refractivity contribution in [3.8, 4) is 0 Å². The van der Waals surface area contributed by atoms with Gasteiger partial charge in [0.05, 0.1) is 19.0 Å². The summed E-state index contributed by atoms with van der Waals surface area (Å²) in [5, 5.41) is 8.79. The van der Waals surface area contributed by atoms with Crippen LogP contribution >= 0.6 is 0 Å². The van der Waals surface area contributed by atoms with Gasteiger partial charge in [0, 0.05) is 0 Å². The van der Waals surface area contributed by atoms with Gasteiger partial charge in [-0.3, -0.25) is 4.79 Å². The highest BCUT2D eigenvalue weighted by atomic mass is 32.2. The number of rotatable bonds is 4. The maximum absolute atomic E-state index is 11.5. The number of carboxylic acids is 1. The number of sulfone groups is 1. The zero-order valence-electron chi connectivity index (χ0n) is 7.32. The Morgan fingerprint density at radius 3 is 2.31 bits per heavy atom. The minimum absolute atomic E-state index is 0.0946. The smallest absolute Gasteiger partial charge is 0.329 e. The van der Waals surface area contributed by atoms with E-state index in [1.165, 1.54) is 0 Å². The Balaban J connectivity index is 2.95. The summed E-state index contributed by atoms with van der Waals surface area (Å²) in [4.78, 5) is 10.8. The van der Waals surface area contributed by atoms with Gasteiger partial charge in [-0.1, -0.05) is 6.92 Å². The van der Waals surface area contributed by atoms with Crippen LogP contribution in [0, 0.1) is 0 Å². The van der Waals surface area contributed by atoms with Gasteiger partial charge in [0.2, 0.25) is 4.75 Å². The highest BCUT2D eigenvalue weighted by molar-refractivity contribution is 7.93. The number of ether oxygens (including phenoxy) is 1. The lowest BCUT2D eigenvalue weighted by Gasteiger charge is -2.36. The van der Waals surface area contributed by atoms with Crippen molar-refractivity contribution in [2.45, 2.75) is 18.1 Å². The fourth-order valence-corrected chi connectivity index (χ4v) is 2.91. The first-order valence-electron chi connectivity index (χ1n) is 4.00. The summed E-state index contributed by atoms with van der Waals surface area (Å²) in [7, 11) is -3.56. The van der Waals surface area contributed by atoms with E-state index in [4.69, 9.17) is 5.11 Å². The molecular formula is C7H12O5S. The molecule has 0 saturated carbocycles. The van der Waals surface area contributed by atoms with E-state index in [0.717, 1.165) is 0 Å². The molecule has 0 atom stereocenters. The SMILES string of the molecule is CCCS(=O)(=O)C1(C(=O)O)COC1. The zero-order valence-corrected chi connectivity index (χ0v) is 8.13. The Morgan fingerprint density at radius 1 is 1.54 bits per heavy atom. The molecule has 1 heterocycles. The van der Waals surface area contributed by atoms with E-state index in [9.17, 15) is 13.2 Å². The molecule has 0 radical (unpaired) electrons. The molecule has 1 saturated heterocycles. The highest BCUT2D eigenvalue weighted by Gasteiger charge is 2.56. The van der Waals surface area contributed by atoms with Crippen LogP contribution < -0.4 is 0 Å². The number of hydrogen-bond donors (Lipinski definition) is 1. The van der Waals surface area contributed by atoms with E-state index in [1.54, 1.807) is 6.92 Å². The van der Waals surface area contributed by atoms with E-state index in [1.807, 2.05) is 0 Å². The summed E-state index contributed by atoms with van der Waals surface area (Å²) >= 11 is 0. The molecule has 5 nitrogen and oxygen atoms in total. The maximum atomic E-state index is 11.5. The molecule has 0 amide bonds.